The van der Waals surface area contributed by atoms with Gasteiger partial charge in [-0.25, -0.2) is 0 Å². The lowest BCUT2D eigenvalue weighted by Crippen LogP contribution is -2.59. The van der Waals surface area contributed by atoms with Crippen LogP contribution in [0.5, 0.6) is 0 Å². The van der Waals surface area contributed by atoms with Crippen LogP contribution in [0.15, 0.2) is 42.5 Å². The van der Waals surface area contributed by atoms with Crippen LogP contribution in [0.3, 0.4) is 0 Å². The Bertz CT molecular complexity index is 1190. The Hall–Kier alpha value is -3.43. The van der Waals surface area contributed by atoms with E-state index in [0.29, 0.717) is 17.0 Å². The van der Waals surface area contributed by atoms with E-state index in [-0.39, 0.29) is 6.61 Å². The van der Waals surface area contributed by atoms with Crippen LogP contribution in [0.2, 0.25) is 5.02 Å². The summed E-state index contributed by atoms with van der Waals surface area (Å²) in [4.78, 5) is 47.8. The molecule has 39 heavy (non-hydrogen) atoms. The van der Waals surface area contributed by atoms with Crippen LogP contribution in [0.1, 0.15) is 63.0 Å². The Kier molecular flexibility index (Phi) is 10.5. The zero-order valence-corrected chi connectivity index (χ0v) is 23.4. The maximum absolute atomic E-state index is 12.1. The number of ether oxygens (including phenoxy) is 5. The molecule has 0 N–H and O–H groups in total. The van der Waals surface area contributed by atoms with Crippen molar-refractivity contribution in [2.45, 2.75) is 78.0 Å². The molecule has 210 valence electrons. The fraction of sp³-hybridized carbons (Fsp3) is 0.448. The number of rotatable bonds is 9. The number of benzene rings is 2. The molecule has 0 radical (unpaired) electrons. The van der Waals surface area contributed by atoms with Crippen LogP contribution >= 0.6 is 11.6 Å². The summed E-state index contributed by atoms with van der Waals surface area (Å²) in [5.74, 6) is -2.60. The smallest absolute Gasteiger partial charge is 0.303 e. The summed E-state index contributed by atoms with van der Waals surface area (Å²) in [6, 6.07) is 13.5. The van der Waals surface area contributed by atoms with Crippen LogP contribution in [-0.2, 0) is 55.7 Å². The molecule has 2 aromatic rings. The van der Waals surface area contributed by atoms with Crippen molar-refractivity contribution in [3.63, 3.8) is 0 Å². The van der Waals surface area contributed by atoms with Gasteiger partial charge in [0.15, 0.2) is 18.3 Å². The summed E-state index contributed by atoms with van der Waals surface area (Å²) in [7, 11) is 0. The molecule has 3 rings (SSSR count). The third-order valence-electron chi connectivity index (χ3n) is 6.21. The van der Waals surface area contributed by atoms with Crippen molar-refractivity contribution >= 4 is 35.5 Å². The van der Waals surface area contributed by atoms with Crippen LogP contribution in [0.4, 0.5) is 0 Å². The number of halogens is 1. The van der Waals surface area contributed by atoms with E-state index in [2.05, 4.69) is 19.1 Å². The second-order valence-electron chi connectivity index (χ2n) is 9.32. The molecule has 0 spiro atoms. The molecule has 1 aliphatic rings. The van der Waals surface area contributed by atoms with Gasteiger partial charge < -0.3 is 23.7 Å². The van der Waals surface area contributed by atoms with Gasteiger partial charge in [0, 0.05) is 32.7 Å². The summed E-state index contributed by atoms with van der Waals surface area (Å²) in [5.41, 5.74) is 3.65. The van der Waals surface area contributed by atoms with Gasteiger partial charge in [0.05, 0.1) is 0 Å². The Morgan fingerprint density at radius 1 is 0.769 bits per heavy atom. The van der Waals surface area contributed by atoms with Crippen molar-refractivity contribution in [2.75, 3.05) is 6.61 Å². The highest BCUT2D eigenvalue weighted by Gasteiger charge is 2.52. The van der Waals surface area contributed by atoms with E-state index in [0.717, 1.165) is 17.5 Å². The minimum absolute atomic E-state index is 0.293. The second-order valence-corrected chi connectivity index (χ2v) is 9.72. The van der Waals surface area contributed by atoms with E-state index in [1.54, 1.807) is 12.1 Å². The summed E-state index contributed by atoms with van der Waals surface area (Å²) >= 11 is 6.55. The van der Waals surface area contributed by atoms with Gasteiger partial charge in [-0.1, -0.05) is 54.9 Å². The highest BCUT2D eigenvalue weighted by Crippen LogP contribution is 2.39. The fourth-order valence-electron chi connectivity index (χ4n) is 4.52. The quantitative estimate of drug-likeness (QED) is 0.327. The van der Waals surface area contributed by atoms with E-state index >= 15 is 0 Å². The molecular weight excluding hydrogens is 528 g/mol. The number of carbonyl (C=O) groups excluding carboxylic acids is 4. The SMILES string of the molecule is CCc1ccc(Cc2cc(C3OC(COC(C)=O)C(OC(C)=O)C(OC(C)=O)C3OC(C)=O)ccc2Cl)cc1. The van der Waals surface area contributed by atoms with Gasteiger partial charge in [-0.05, 0) is 41.2 Å². The van der Waals surface area contributed by atoms with Crippen molar-refractivity contribution in [3.8, 4) is 0 Å². The molecule has 1 aliphatic heterocycles. The summed E-state index contributed by atoms with van der Waals surface area (Å²) in [6.45, 7) is 6.60. The van der Waals surface area contributed by atoms with E-state index in [9.17, 15) is 19.2 Å². The standard InChI is InChI=1S/C29H33ClO9/c1-6-20-7-9-21(10-8-20)13-23-14-22(11-12-24(23)30)26-28(37-18(4)33)29(38-19(5)34)27(36-17(3)32)25(39-26)15-35-16(2)31/h7-12,14,25-29H,6,13,15H2,1-5H3. The third kappa shape index (κ3) is 8.28. The molecule has 5 atom stereocenters. The van der Waals surface area contributed by atoms with E-state index < -0.39 is 54.4 Å². The van der Waals surface area contributed by atoms with E-state index in [1.807, 2.05) is 18.2 Å². The zero-order chi connectivity index (χ0) is 28.7. The monoisotopic (exact) mass is 560 g/mol. The lowest BCUT2D eigenvalue weighted by atomic mass is 9.89. The number of carbonyl (C=O) groups is 4. The van der Waals surface area contributed by atoms with Crippen molar-refractivity contribution in [2.24, 2.45) is 0 Å². The van der Waals surface area contributed by atoms with Gasteiger partial charge in [0.1, 0.15) is 18.8 Å². The molecule has 5 unspecified atom stereocenters. The molecule has 0 amide bonds. The maximum atomic E-state index is 12.1. The van der Waals surface area contributed by atoms with Crippen molar-refractivity contribution in [3.05, 3.63) is 69.7 Å². The van der Waals surface area contributed by atoms with Gasteiger partial charge in [-0.3, -0.25) is 19.2 Å². The minimum atomic E-state index is -1.24. The number of aryl methyl sites for hydroxylation is 1. The predicted molar refractivity (Wildman–Crippen MR) is 141 cm³/mol. The van der Waals surface area contributed by atoms with Gasteiger partial charge in [0.2, 0.25) is 0 Å². The lowest BCUT2D eigenvalue weighted by Gasteiger charge is -2.44. The van der Waals surface area contributed by atoms with Crippen LogP contribution in [-0.4, -0.2) is 54.9 Å². The zero-order valence-electron chi connectivity index (χ0n) is 22.6. The first-order chi connectivity index (χ1) is 18.5. The molecule has 0 aliphatic carbocycles. The molecule has 1 fully saturated rings. The molecule has 9 nitrogen and oxygen atoms in total. The molecular formula is C29H33ClO9. The maximum Gasteiger partial charge on any atom is 0.303 e. The van der Waals surface area contributed by atoms with Crippen LogP contribution < -0.4 is 0 Å². The molecule has 0 saturated carbocycles. The van der Waals surface area contributed by atoms with Gasteiger partial charge >= 0.3 is 23.9 Å². The van der Waals surface area contributed by atoms with E-state index in [1.165, 1.54) is 33.3 Å². The van der Waals surface area contributed by atoms with Gasteiger partial charge in [0.25, 0.3) is 0 Å². The highest BCUT2D eigenvalue weighted by molar-refractivity contribution is 6.31. The summed E-state index contributed by atoms with van der Waals surface area (Å²) < 4.78 is 28.0. The molecule has 0 aromatic heterocycles. The number of hydrogen-bond acceptors (Lipinski definition) is 9. The molecule has 1 heterocycles. The van der Waals surface area contributed by atoms with E-state index in [4.69, 9.17) is 35.3 Å². The summed E-state index contributed by atoms with van der Waals surface area (Å²) in [5, 5.41) is 0.531. The Morgan fingerprint density at radius 2 is 1.33 bits per heavy atom. The normalized spacial score (nSPS) is 22.5. The minimum Gasteiger partial charge on any atom is -0.463 e. The van der Waals surface area contributed by atoms with Gasteiger partial charge in [-0.2, -0.15) is 0 Å². The van der Waals surface area contributed by atoms with Crippen molar-refractivity contribution in [1.82, 2.24) is 0 Å². The predicted octanol–water partition coefficient (Wildman–Crippen LogP) is 4.29. The average molecular weight is 561 g/mol. The van der Waals surface area contributed by atoms with Crippen molar-refractivity contribution < 1.29 is 42.9 Å². The number of hydrogen-bond donors (Lipinski definition) is 0. The first kappa shape index (κ1) is 30.1. The fourth-order valence-corrected chi connectivity index (χ4v) is 4.70. The molecule has 10 heteroatoms. The second kappa shape index (κ2) is 13.6. The van der Waals surface area contributed by atoms with Crippen molar-refractivity contribution in [1.29, 1.82) is 0 Å². The Balaban J connectivity index is 2.05. The molecule has 1 saturated heterocycles. The Morgan fingerprint density at radius 3 is 1.90 bits per heavy atom. The third-order valence-corrected chi connectivity index (χ3v) is 6.58. The first-order valence-electron chi connectivity index (χ1n) is 12.6. The van der Waals surface area contributed by atoms with Crippen LogP contribution in [0, 0.1) is 0 Å². The van der Waals surface area contributed by atoms with Crippen LogP contribution in [0.25, 0.3) is 0 Å². The highest BCUT2D eigenvalue weighted by atomic mass is 35.5. The molecule has 0 bridgehead atoms. The topological polar surface area (TPSA) is 114 Å². The number of esters is 4. The summed E-state index contributed by atoms with van der Waals surface area (Å²) in [6.07, 6.45) is -4.17. The Labute approximate surface area is 232 Å². The first-order valence-corrected chi connectivity index (χ1v) is 13.0. The average Bonchev–Trinajstić information content (AvgIpc) is 2.86. The lowest BCUT2D eigenvalue weighted by molar-refractivity contribution is -0.254. The largest absolute Gasteiger partial charge is 0.463 e. The molecule has 2 aromatic carbocycles. The van der Waals surface area contributed by atoms with Gasteiger partial charge in [-0.15, -0.1) is 0 Å².